The Kier molecular flexibility index (Phi) is 6.53. The number of sulfonamides is 1. The molecule has 0 radical (unpaired) electrons. The Morgan fingerprint density at radius 1 is 1.00 bits per heavy atom. The highest BCUT2D eigenvalue weighted by atomic mass is 32.2. The largest absolute Gasteiger partial charge is 0.497 e. The summed E-state index contributed by atoms with van der Waals surface area (Å²) in [6, 6.07) is 17.7. The summed E-state index contributed by atoms with van der Waals surface area (Å²) >= 11 is 0. The summed E-state index contributed by atoms with van der Waals surface area (Å²) in [6.07, 6.45) is 0.719. The predicted molar refractivity (Wildman–Crippen MR) is 113 cm³/mol. The fourth-order valence-corrected chi connectivity index (χ4v) is 3.52. The van der Waals surface area contributed by atoms with Gasteiger partial charge in [0, 0.05) is 18.0 Å². The van der Waals surface area contributed by atoms with Gasteiger partial charge in [0.1, 0.15) is 17.3 Å². The molecule has 0 aliphatic heterocycles. The van der Waals surface area contributed by atoms with E-state index in [0.717, 1.165) is 0 Å². The monoisotopic (exact) mass is 427 g/mol. The summed E-state index contributed by atoms with van der Waals surface area (Å²) in [5, 5.41) is 2.70. The molecule has 1 amide bonds. The highest BCUT2D eigenvalue weighted by molar-refractivity contribution is 7.92. The van der Waals surface area contributed by atoms with Crippen LogP contribution in [-0.2, 0) is 14.8 Å². The maximum Gasteiger partial charge on any atom is 0.265 e. The lowest BCUT2D eigenvalue weighted by molar-refractivity contribution is -0.122. The molecule has 3 rings (SSSR count). The molecule has 0 unspecified atom stereocenters. The quantitative estimate of drug-likeness (QED) is 0.571. The van der Waals surface area contributed by atoms with E-state index in [1.807, 2.05) is 0 Å². The third-order valence-corrected chi connectivity index (χ3v) is 5.43. The molecule has 1 aromatic heterocycles. The lowest BCUT2D eigenvalue weighted by Gasteiger charge is -2.15. The number of nitrogens with one attached hydrogen (secondary N) is 2. The van der Waals surface area contributed by atoms with Crippen LogP contribution in [0.5, 0.6) is 11.5 Å². The molecule has 0 bridgehead atoms. The van der Waals surface area contributed by atoms with Crippen LogP contribution in [0.25, 0.3) is 0 Å². The van der Waals surface area contributed by atoms with Crippen LogP contribution >= 0.6 is 0 Å². The van der Waals surface area contributed by atoms with E-state index in [2.05, 4.69) is 15.0 Å². The maximum atomic E-state index is 12.4. The van der Waals surface area contributed by atoms with Crippen molar-refractivity contribution in [2.75, 3.05) is 17.1 Å². The first-order valence-electron chi connectivity index (χ1n) is 9.03. The van der Waals surface area contributed by atoms with E-state index in [-0.39, 0.29) is 16.6 Å². The van der Waals surface area contributed by atoms with E-state index in [4.69, 9.17) is 9.47 Å². The Morgan fingerprint density at radius 2 is 1.73 bits per heavy atom. The second-order valence-corrected chi connectivity index (χ2v) is 7.96. The molecule has 1 heterocycles. The van der Waals surface area contributed by atoms with Crippen LogP contribution in [0.1, 0.15) is 6.92 Å². The van der Waals surface area contributed by atoms with Crippen LogP contribution in [0.2, 0.25) is 0 Å². The van der Waals surface area contributed by atoms with E-state index in [1.54, 1.807) is 56.5 Å². The van der Waals surface area contributed by atoms with Crippen LogP contribution in [0, 0.1) is 0 Å². The first-order valence-corrected chi connectivity index (χ1v) is 10.5. The topological polar surface area (TPSA) is 107 Å². The van der Waals surface area contributed by atoms with Gasteiger partial charge in [-0.3, -0.25) is 9.52 Å². The van der Waals surface area contributed by atoms with Crippen LogP contribution in [-0.4, -0.2) is 32.5 Å². The van der Waals surface area contributed by atoms with Gasteiger partial charge in [0.25, 0.3) is 15.9 Å². The number of carbonyl (C=O) groups is 1. The number of hydrogen-bond acceptors (Lipinski definition) is 6. The van der Waals surface area contributed by atoms with Crippen molar-refractivity contribution in [3.63, 3.8) is 0 Å². The van der Waals surface area contributed by atoms with Crippen LogP contribution in [0.3, 0.4) is 0 Å². The summed E-state index contributed by atoms with van der Waals surface area (Å²) in [7, 11) is -2.24. The first-order chi connectivity index (χ1) is 14.4. The van der Waals surface area contributed by atoms with Gasteiger partial charge in [0.2, 0.25) is 0 Å². The molecule has 9 heteroatoms. The van der Waals surface area contributed by atoms with Crippen molar-refractivity contribution in [2.45, 2.75) is 17.9 Å². The molecule has 1 atom stereocenters. The number of aromatic nitrogens is 1. The van der Waals surface area contributed by atoms with Crippen molar-refractivity contribution < 1.29 is 22.7 Å². The number of pyridine rings is 1. The molecular formula is C21H21N3O5S. The molecule has 0 saturated heterocycles. The number of nitrogens with zero attached hydrogens (tertiary/aromatic N) is 1. The van der Waals surface area contributed by atoms with Crippen molar-refractivity contribution in [2.24, 2.45) is 0 Å². The van der Waals surface area contributed by atoms with Gasteiger partial charge in [-0.2, -0.15) is 0 Å². The van der Waals surface area contributed by atoms with E-state index in [9.17, 15) is 13.2 Å². The number of ether oxygens (including phenoxy) is 2. The average Bonchev–Trinajstić information content (AvgIpc) is 2.74. The molecular weight excluding hydrogens is 406 g/mol. The van der Waals surface area contributed by atoms with E-state index in [0.29, 0.717) is 17.2 Å². The SMILES string of the molecule is COc1cccc(O[C@H](C)C(=O)Nc2ccc(S(=O)(=O)Nc3ccccn3)cc2)c1. The number of hydrogen-bond donors (Lipinski definition) is 2. The minimum Gasteiger partial charge on any atom is -0.497 e. The van der Waals surface area contributed by atoms with E-state index >= 15 is 0 Å². The molecule has 0 spiro atoms. The summed E-state index contributed by atoms with van der Waals surface area (Å²) in [6.45, 7) is 1.62. The number of benzene rings is 2. The summed E-state index contributed by atoms with van der Waals surface area (Å²) in [4.78, 5) is 16.4. The highest BCUT2D eigenvalue weighted by Gasteiger charge is 2.17. The normalized spacial score (nSPS) is 11.9. The minimum absolute atomic E-state index is 0.0480. The summed E-state index contributed by atoms with van der Waals surface area (Å²) in [5.74, 6) is 0.966. The van der Waals surface area contributed by atoms with Crippen LogP contribution in [0.15, 0.2) is 77.8 Å². The van der Waals surface area contributed by atoms with E-state index < -0.39 is 16.1 Å². The second kappa shape index (κ2) is 9.27. The van der Waals surface area contributed by atoms with Gasteiger partial charge >= 0.3 is 0 Å². The molecule has 0 saturated carbocycles. The van der Waals surface area contributed by atoms with Crippen molar-refractivity contribution in [3.8, 4) is 11.5 Å². The molecule has 3 aromatic rings. The first kappa shape index (κ1) is 21.1. The smallest absolute Gasteiger partial charge is 0.265 e. The van der Waals surface area contributed by atoms with Gasteiger partial charge < -0.3 is 14.8 Å². The van der Waals surface area contributed by atoms with Gasteiger partial charge in [0.05, 0.1) is 12.0 Å². The zero-order chi connectivity index (χ0) is 21.6. The highest BCUT2D eigenvalue weighted by Crippen LogP contribution is 2.21. The fraction of sp³-hybridized carbons (Fsp3) is 0.143. The second-order valence-electron chi connectivity index (χ2n) is 6.27. The third kappa shape index (κ3) is 5.48. The van der Waals surface area contributed by atoms with Gasteiger partial charge in [0.15, 0.2) is 6.10 Å². The number of rotatable bonds is 8. The Bertz CT molecular complexity index is 1100. The standard InChI is InChI=1S/C21H21N3O5S/c1-15(29-18-7-5-6-17(14-18)28-2)21(25)23-16-9-11-19(12-10-16)30(26,27)24-20-8-3-4-13-22-20/h3-15H,1-2H3,(H,22,24)(H,23,25)/t15-/m1/s1. The van der Waals surface area contributed by atoms with Gasteiger partial charge in [-0.15, -0.1) is 0 Å². The number of anilines is 2. The Balaban J connectivity index is 1.62. The van der Waals surface area contributed by atoms with Crippen molar-refractivity contribution in [1.82, 2.24) is 4.98 Å². The molecule has 8 nitrogen and oxygen atoms in total. The summed E-state index contributed by atoms with van der Waals surface area (Å²) in [5.41, 5.74) is 0.442. The van der Waals surface area contributed by atoms with Gasteiger partial charge in [-0.1, -0.05) is 12.1 Å². The predicted octanol–water partition coefficient (Wildman–Crippen LogP) is 3.30. The number of methoxy groups -OCH3 is 1. The number of amides is 1. The molecule has 30 heavy (non-hydrogen) atoms. The average molecular weight is 427 g/mol. The molecule has 0 aliphatic rings. The Labute approximate surface area is 174 Å². The van der Waals surface area contributed by atoms with E-state index in [1.165, 1.54) is 30.5 Å². The molecule has 2 N–H and O–H groups in total. The molecule has 2 aromatic carbocycles. The van der Waals surface area contributed by atoms with Crippen molar-refractivity contribution >= 4 is 27.4 Å². The Hall–Kier alpha value is -3.59. The Morgan fingerprint density at radius 3 is 2.40 bits per heavy atom. The fourth-order valence-electron chi connectivity index (χ4n) is 2.51. The minimum atomic E-state index is -3.78. The molecule has 0 aliphatic carbocycles. The number of carbonyl (C=O) groups excluding carboxylic acids is 1. The molecule has 156 valence electrons. The van der Waals surface area contributed by atoms with Crippen LogP contribution in [0.4, 0.5) is 11.5 Å². The zero-order valence-electron chi connectivity index (χ0n) is 16.4. The summed E-state index contributed by atoms with van der Waals surface area (Å²) < 4.78 is 38.0. The zero-order valence-corrected chi connectivity index (χ0v) is 17.2. The van der Waals surface area contributed by atoms with Gasteiger partial charge in [-0.05, 0) is 55.5 Å². The van der Waals surface area contributed by atoms with Crippen LogP contribution < -0.4 is 19.5 Å². The lowest BCUT2D eigenvalue weighted by atomic mass is 10.3. The van der Waals surface area contributed by atoms with Crippen molar-refractivity contribution in [3.05, 3.63) is 72.9 Å². The maximum absolute atomic E-state index is 12.4. The third-order valence-electron chi connectivity index (χ3n) is 4.06. The van der Waals surface area contributed by atoms with Crippen molar-refractivity contribution in [1.29, 1.82) is 0 Å². The molecule has 0 fully saturated rings. The van der Waals surface area contributed by atoms with Gasteiger partial charge in [-0.25, -0.2) is 13.4 Å². The lowest BCUT2D eigenvalue weighted by Crippen LogP contribution is -2.30.